The van der Waals surface area contributed by atoms with E-state index in [1.54, 1.807) is 25.3 Å². The number of aliphatic hydroxyl groups excluding tert-OH is 4. The van der Waals surface area contributed by atoms with Crippen molar-refractivity contribution in [1.29, 1.82) is 0 Å². The molecule has 1 aliphatic heterocycles. The van der Waals surface area contributed by atoms with Gasteiger partial charge in [0.2, 0.25) is 0 Å². The van der Waals surface area contributed by atoms with Crippen LogP contribution in [0.1, 0.15) is 35.8 Å². The van der Waals surface area contributed by atoms with Crippen molar-refractivity contribution in [3.63, 3.8) is 0 Å². The molecule has 0 aliphatic carbocycles. The maximum Gasteiger partial charge on any atom is 0.119 e. The number of aliphatic hydroxyl groups is 4. The summed E-state index contributed by atoms with van der Waals surface area (Å²) in [6.45, 7) is 1.99. The van der Waals surface area contributed by atoms with E-state index in [0.29, 0.717) is 22.8 Å². The van der Waals surface area contributed by atoms with Crippen LogP contribution in [0.15, 0.2) is 42.5 Å². The average molecular weight is 439 g/mol. The zero-order chi connectivity index (χ0) is 21.8. The maximum atomic E-state index is 10.4. The van der Waals surface area contributed by atoms with Crippen molar-refractivity contribution in [2.45, 2.75) is 43.5 Å². The van der Waals surface area contributed by atoms with E-state index in [-0.39, 0.29) is 0 Å². The number of rotatable bonds is 7. The third kappa shape index (κ3) is 4.63. The summed E-state index contributed by atoms with van der Waals surface area (Å²) in [5, 5.41) is 40.4. The highest BCUT2D eigenvalue weighted by molar-refractivity contribution is 6.31. The molecule has 6 atom stereocenters. The fourth-order valence-corrected chi connectivity index (χ4v) is 3.88. The van der Waals surface area contributed by atoms with Gasteiger partial charge in [-0.3, -0.25) is 0 Å². The molecule has 2 aromatic carbocycles. The average Bonchev–Trinajstić information content (AvgIpc) is 2.76. The van der Waals surface area contributed by atoms with Gasteiger partial charge in [-0.15, -0.1) is 0 Å². The minimum Gasteiger partial charge on any atom is -0.494 e. The molecule has 1 aliphatic rings. The molecule has 30 heavy (non-hydrogen) atoms. The lowest BCUT2D eigenvalue weighted by Gasteiger charge is -2.40. The molecule has 0 aromatic heterocycles. The largest absolute Gasteiger partial charge is 0.494 e. The summed E-state index contributed by atoms with van der Waals surface area (Å²) in [6, 6.07) is 12.5. The van der Waals surface area contributed by atoms with Crippen LogP contribution in [0.4, 0.5) is 0 Å². The quantitative estimate of drug-likeness (QED) is 0.523. The van der Waals surface area contributed by atoms with E-state index in [9.17, 15) is 20.4 Å². The second kappa shape index (κ2) is 10.1. The number of halogens is 1. The van der Waals surface area contributed by atoms with Crippen molar-refractivity contribution in [1.82, 2.24) is 0 Å². The molecule has 0 bridgehead atoms. The van der Waals surface area contributed by atoms with Crippen molar-refractivity contribution in [2.24, 2.45) is 0 Å². The van der Waals surface area contributed by atoms with Crippen molar-refractivity contribution in [2.75, 3.05) is 20.3 Å². The summed E-state index contributed by atoms with van der Waals surface area (Å²) < 4.78 is 16.8. The molecule has 2 aromatic rings. The second-order valence-corrected chi connectivity index (χ2v) is 7.56. The Balaban J connectivity index is 1.93. The van der Waals surface area contributed by atoms with Gasteiger partial charge in [0.05, 0.1) is 13.2 Å². The van der Waals surface area contributed by atoms with Crippen LogP contribution in [0.3, 0.4) is 0 Å². The SMILES string of the molecule is CCOc1ccc(C(OC)c2cc(C3OC(CO)C(O)C(O)C3O)ccc2Cl)cc1. The first-order chi connectivity index (χ1) is 14.4. The highest BCUT2D eigenvalue weighted by atomic mass is 35.5. The predicted octanol–water partition coefficient (Wildman–Crippen LogP) is 1.99. The normalized spacial score (nSPS) is 27.6. The number of hydrogen-bond donors (Lipinski definition) is 4. The van der Waals surface area contributed by atoms with Gasteiger partial charge in [0.15, 0.2) is 0 Å². The Morgan fingerprint density at radius 1 is 1.03 bits per heavy atom. The first-order valence-corrected chi connectivity index (χ1v) is 10.1. The van der Waals surface area contributed by atoms with Gasteiger partial charge in [-0.05, 0) is 42.3 Å². The van der Waals surface area contributed by atoms with Gasteiger partial charge in [0.1, 0.15) is 42.4 Å². The molecule has 7 nitrogen and oxygen atoms in total. The van der Waals surface area contributed by atoms with Crippen LogP contribution in [-0.2, 0) is 9.47 Å². The third-order valence-electron chi connectivity index (χ3n) is 5.25. The Labute approximate surface area is 180 Å². The van der Waals surface area contributed by atoms with Crippen molar-refractivity contribution in [3.8, 4) is 5.75 Å². The molecule has 4 N–H and O–H groups in total. The molecule has 6 unspecified atom stereocenters. The number of ether oxygens (including phenoxy) is 3. The molecule has 0 spiro atoms. The predicted molar refractivity (Wildman–Crippen MR) is 111 cm³/mol. The molecule has 0 amide bonds. The number of hydrogen-bond acceptors (Lipinski definition) is 7. The van der Waals surface area contributed by atoms with Gasteiger partial charge in [-0.2, -0.15) is 0 Å². The molecule has 1 heterocycles. The molecule has 1 saturated heterocycles. The minimum absolute atomic E-state index is 0.462. The summed E-state index contributed by atoms with van der Waals surface area (Å²) in [6.07, 6.45) is -6.67. The Kier molecular flexibility index (Phi) is 7.70. The molecular weight excluding hydrogens is 412 g/mol. The van der Waals surface area contributed by atoms with Crippen LogP contribution >= 0.6 is 11.6 Å². The fraction of sp³-hybridized carbons (Fsp3) is 0.455. The van der Waals surface area contributed by atoms with Gasteiger partial charge < -0.3 is 34.6 Å². The van der Waals surface area contributed by atoms with E-state index in [1.165, 1.54) is 0 Å². The standard InChI is InChI=1S/C22H27ClO7/c1-3-29-14-7-4-12(5-8-14)21(28-2)15-10-13(6-9-16(15)23)22-20(27)19(26)18(25)17(11-24)30-22/h4-10,17-22,24-27H,3,11H2,1-2H3. The van der Waals surface area contributed by atoms with Gasteiger partial charge in [0.25, 0.3) is 0 Å². The number of methoxy groups -OCH3 is 1. The molecular formula is C22H27ClO7. The van der Waals surface area contributed by atoms with Crippen molar-refractivity contribution >= 4 is 11.6 Å². The van der Waals surface area contributed by atoms with Crippen molar-refractivity contribution in [3.05, 3.63) is 64.2 Å². The summed E-state index contributed by atoms with van der Waals surface area (Å²) in [5.74, 6) is 0.747. The highest BCUT2D eigenvalue weighted by Gasteiger charge is 2.44. The monoisotopic (exact) mass is 438 g/mol. The lowest BCUT2D eigenvalue weighted by atomic mass is 9.89. The van der Waals surface area contributed by atoms with E-state index in [2.05, 4.69) is 0 Å². The van der Waals surface area contributed by atoms with Crippen LogP contribution in [-0.4, -0.2) is 65.2 Å². The Bertz CT molecular complexity index is 827. The molecule has 8 heteroatoms. The third-order valence-corrected chi connectivity index (χ3v) is 5.60. The molecule has 0 radical (unpaired) electrons. The van der Waals surface area contributed by atoms with Gasteiger partial charge in [-0.25, -0.2) is 0 Å². The highest BCUT2D eigenvalue weighted by Crippen LogP contribution is 2.37. The lowest BCUT2D eigenvalue weighted by Crippen LogP contribution is -2.55. The zero-order valence-electron chi connectivity index (χ0n) is 16.8. The smallest absolute Gasteiger partial charge is 0.119 e. The summed E-state index contributed by atoms with van der Waals surface area (Å²) in [7, 11) is 1.57. The van der Waals surface area contributed by atoms with Crippen LogP contribution in [0.2, 0.25) is 5.02 Å². The fourth-order valence-electron chi connectivity index (χ4n) is 3.67. The Morgan fingerprint density at radius 3 is 2.33 bits per heavy atom. The minimum atomic E-state index is -1.45. The first kappa shape index (κ1) is 23.0. The maximum absolute atomic E-state index is 10.4. The van der Waals surface area contributed by atoms with Crippen LogP contribution < -0.4 is 4.74 Å². The van der Waals surface area contributed by atoms with Crippen LogP contribution in [0.5, 0.6) is 5.75 Å². The van der Waals surface area contributed by atoms with Gasteiger partial charge >= 0.3 is 0 Å². The van der Waals surface area contributed by atoms with E-state index in [1.807, 2.05) is 31.2 Å². The summed E-state index contributed by atoms with van der Waals surface area (Å²) in [5.41, 5.74) is 2.05. The van der Waals surface area contributed by atoms with Crippen molar-refractivity contribution < 1.29 is 34.6 Å². The number of benzene rings is 2. The molecule has 0 saturated carbocycles. The second-order valence-electron chi connectivity index (χ2n) is 7.15. The van der Waals surface area contributed by atoms with Crippen LogP contribution in [0.25, 0.3) is 0 Å². The Hall–Kier alpha value is -1.71. The lowest BCUT2D eigenvalue weighted by molar-refractivity contribution is -0.231. The topological polar surface area (TPSA) is 109 Å². The Morgan fingerprint density at radius 2 is 1.73 bits per heavy atom. The van der Waals surface area contributed by atoms with E-state index in [4.69, 9.17) is 25.8 Å². The summed E-state index contributed by atoms with van der Waals surface area (Å²) >= 11 is 6.45. The van der Waals surface area contributed by atoms with Gasteiger partial charge in [0, 0.05) is 17.7 Å². The van der Waals surface area contributed by atoms with Crippen LogP contribution in [0, 0.1) is 0 Å². The van der Waals surface area contributed by atoms with E-state index >= 15 is 0 Å². The van der Waals surface area contributed by atoms with E-state index < -0.39 is 43.2 Å². The molecule has 3 rings (SSSR count). The zero-order valence-corrected chi connectivity index (χ0v) is 17.6. The molecule has 1 fully saturated rings. The summed E-state index contributed by atoms with van der Waals surface area (Å²) in [4.78, 5) is 0. The molecule has 164 valence electrons. The van der Waals surface area contributed by atoms with Gasteiger partial charge in [-0.1, -0.05) is 29.8 Å². The van der Waals surface area contributed by atoms with E-state index in [0.717, 1.165) is 11.3 Å². The first-order valence-electron chi connectivity index (χ1n) is 9.76.